The van der Waals surface area contributed by atoms with Gasteiger partial charge in [0.15, 0.2) is 5.69 Å². The third-order valence-corrected chi connectivity index (χ3v) is 5.27. The molecule has 130 valence electrons. The quantitative estimate of drug-likeness (QED) is 0.840. The summed E-state index contributed by atoms with van der Waals surface area (Å²) in [6.45, 7) is 9.30. The van der Waals surface area contributed by atoms with E-state index in [0.717, 1.165) is 23.8 Å². The molecular weight excluding hydrogens is 324 g/mol. The van der Waals surface area contributed by atoms with E-state index in [1.807, 2.05) is 24.2 Å². The molecular formula is C16H24N6OS. The molecule has 0 radical (unpaired) electrons. The zero-order valence-corrected chi connectivity index (χ0v) is 15.5. The molecule has 24 heavy (non-hydrogen) atoms. The van der Waals surface area contributed by atoms with Crippen molar-refractivity contribution < 1.29 is 4.79 Å². The Bertz CT molecular complexity index is 709. The Kier molecular flexibility index (Phi) is 4.96. The third-order valence-electron chi connectivity index (χ3n) is 4.64. The van der Waals surface area contributed by atoms with E-state index in [4.69, 9.17) is 0 Å². The fourth-order valence-corrected chi connectivity index (χ4v) is 3.47. The lowest BCUT2D eigenvalue weighted by Gasteiger charge is -2.29. The van der Waals surface area contributed by atoms with Crippen LogP contribution in [0.1, 0.15) is 35.0 Å². The van der Waals surface area contributed by atoms with Crippen molar-refractivity contribution in [3.8, 4) is 0 Å². The molecule has 2 aromatic heterocycles. The molecule has 8 heteroatoms. The minimum atomic E-state index is -0.0464. The van der Waals surface area contributed by atoms with Gasteiger partial charge in [-0.3, -0.25) is 4.79 Å². The lowest BCUT2D eigenvalue weighted by atomic mass is 10.1. The van der Waals surface area contributed by atoms with E-state index in [2.05, 4.69) is 44.9 Å². The van der Waals surface area contributed by atoms with Crippen LogP contribution < -0.4 is 0 Å². The first-order valence-corrected chi connectivity index (χ1v) is 9.01. The molecule has 0 spiro atoms. The molecule has 2 aromatic rings. The van der Waals surface area contributed by atoms with Crippen LogP contribution in [0.25, 0.3) is 0 Å². The molecule has 0 fully saturated rings. The van der Waals surface area contributed by atoms with Gasteiger partial charge in [0, 0.05) is 44.0 Å². The van der Waals surface area contributed by atoms with Crippen molar-refractivity contribution in [2.45, 2.75) is 39.9 Å². The average molecular weight is 348 g/mol. The third kappa shape index (κ3) is 3.49. The summed E-state index contributed by atoms with van der Waals surface area (Å²) in [7, 11) is 2.13. The van der Waals surface area contributed by atoms with E-state index in [-0.39, 0.29) is 5.91 Å². The van der Waals surface area contributed by atoms with Crippen LogP contribution in [0.3, 0.4) is 0 Å². The summed E-state index contributed by atoms with van der Waals surface area (Å²) in [6.07, 6.45) is 3.81. The second-order valence-corrected chi connectivity index (χ2v) is 7.72. The van der Waals surface area contributed by atoms with Crippen LogP contribution in [0.4, 0.5) is 0 Å². The Morgan fingerprint density at radius 1 is 1.46 bits per heavy atom. The molecule has 1 atom stereocenters. The van der Waals surface area contributed by atoms with Gasteiger partial charge in [0.25, 0.3) is 5.91 Å². The van der Waals surface area contributed by atoms with Crippen molar-refractivity contribution >= 4 is 17.4 Å². The molecule has 0 aliphatic carbocycles. The first kappa shape index (κ1) is 17.0. The van der Waals surface area contributed by atoms with Crippen LogP contribution >= 0.6 is 11.5 Å². The van der Waals surface area contributed by atoms with Crippen molar-refractivity contribution in [3.63, 3.8) is 0 Å². The molecule has 1 aliphatic rings. The largest absolute Gasteiger partial charge is 0.333 e. The standard InChI is InChI=1S/C16H24N6OS/c1-11(2)20(4)7-13-8-21-6-5-17-14(21)10-22(9-13)16(23)15-12(3)24-19-18-15/h5-6,11,13H,7-10H2,1-4H3/t13-/m0/s1. The number of carbonyl (C=O) groups is 1. The first-order valence-electron chi connectivity index (χ1n) is 8.24. The van der Waals surface area contributed by atoms with E-state index in [9.17, 15) is 4.79 Å². The molecule has 3 heterocycles. The number of carbonyl (C=O) groups excluding carboxylic acids is 1. The Morgan fingerprint density at radius 2 is 2.25 bits per heavy atom. The fraction of sp³-hybridized carbons (Fsp3) is 0.625. The Balaban J connectivity index is 1.84. The fourth-order valence-electron chi connectivity index (χ4n) is 3.01. The van der Waals surface area contributed by atoms with Crippen molar-refractivity contribution in [1.82, 2.24) is 28.9 Å². The number of imidazole rings is 1. The van der Waals surface area contributed by atoms with Gasteiger partial charge in [0.05, 0.1) is 11.4 Å². The summed E-state index contributed by atoms with van der Waals surface area (Å²) in [5.74, 6) is 1.23. The van der Waals surface area contributed by atoms with Crippen LogP contribution in [0, 0.1) is 12.8 Å². The number of hydrogen-bond donors (Lipinski definition) is 0. The van der Waals surface area contributed by atoms with Gasteiger partial charge in [-0.1, -0.05) is 4.49 Å². The van der Waals surface area contributed by atoms with Crippen molar-refractivity contribution in [3.05, 3.63) is 28.8 Å². The second kappa shape index (κ2) is 6.98. The predicted octanol–water partition coefficient (Wildman–Crippen LogP) is 1.66. The van der Waals surface area contributed by atoms with Crippen molar-refractivity contribution in [1.29, 1.82) is 0 Å². The molecule has 0 bridgehead atoms. The number of nitrogens with zero attached hydrogens (tertiary/aromatic N) is 6. The van der Waals surface area contributed by atoms with Gasteiger partial charge >= 0.3 is 0 Å². The Labute approximate surface area is 146 Å². The van der Waals surface area contributed by atoms with Crippen LogP contribution in [0.2, 0.25) is 0 Å². The van der Waals surface area contributed by atoms with Gasteiger partial charge in [-0.25, -0.2) is 4.98 Å². The van der Waals surface area contributed by atoms with E-state index >= 15 is 0 Å². The normalized spacial score (nSPS) is 18.1. The maximum absolute atomic E-state index is 12.9. The number of aromatic nitrogens is 4. The molecule has 0 aromatic carbocycles. The van der Waals surface area contributed by atoms with Crippen LogP contribution in [-0.2, 0) is 13.1 Å². The van der Waals surface area contributed by atoms with Gasteiger partial charge in [-0.2, -0.15) is 0 Å². The average Bonchev–Trinajstić information content (AvgIpc) is 3.11. The molecule has 1 aliphatic heterocycles. The van der Waals surface area contributed by atoms with Crippen molar-refractivity contribution in [2.75, 3.05) is 20.1 Å². The number of hydrogen-bond acceptors (Lipinski definition) is 6. The van der Waals surface area contributed by atoms with E-state index in [1.165, 1.54) is 11.5 Å². The predicted molar refractivity (Wildman–Crippen MR) is 92.9 cm³/mol. The number of rotatable bonds is 4. The second-order valence-electron chi connectivity index (χ2n) is 6.76. The highest BCUT2D eigenvalue weighted by Gasteiger charge is 2.29. The number of fused-ring (bicyclic) bond motifs is 1. The molecule has 0 saturated heterocycles. The van der Waals surface area contributed by atoms with Crippen molar-refractivity contribution in [2.24, 2.45) is 5.92 Å². The van der Waals surface area contributed by atoms with Gasteiger partial charge in [0.1, 0.15) is 5.82 Å². The van der Waals surface area contributed by atoms with E-state index in [0.29, 0.717) is 30.7 Å². The van der Waals surface area contributed by atoms with E-state index in [1.54, 1.807) is 0 Å². The smallest absolute Gasteiger partial charge is 0.276 e. The number of amides is 1. The topological polar surface area (TPSA) is 67.2 Å². The van der Waals surface area contributed by atoms with Gasteiger partial charge < -0.3 is 14.4 Å². The molecule has 0 saturated carbocycles. The molecule has 7 nitrogen and oxygen atoms in total. The minimum Gasteiger partial charge on any atom is -0.333 e. The molecule has 0 unspecified atom stereocenters. The zero-order chi connectivity index (χ0) is 17.3. The highest BCUT2D eigenvalue weighted by Crippen LogP contribution is 2.20. The maximum atomic E-state index is 12.9. The van der Waals surface area contributed by atoms with Crippen LogP contribution in [0.5, 0.6) is 0 Å². The van der Waals surface area contributed by atoms with E-state index < -0.39 is 0 Å². The minimum absolute atomic E-state index is 0.0464. The van der Waals surface area contributed by atoms with Gasteiger partial charge in [0.2, 0.25) is 0 Å². The Hall–Kier alpha value is -1.80. The maximum Gasteiger partial charge on any atom is 0.276 e. The summed E-state index contributed by atoms with van der Waals surface area (Å²) in [4.78, 5) is 22.4. The van der Waals surface area contributed by atoms with Crippen LogP contribution in [-0.4, -0.2) is 61.0 Å². The summed E-state index contributed by atoms with van der Waals surface area (Å²) >= 11 is 1.27. The monoisotopic (exact) mass is 348 g/mol. The lowest BCUT2D eigenvalue weighted by molar-refractivity contribution is 0.0696. The first-order chi connectivity index (χ1) is 11.5. The zero-order valence-electron chi connectivity index (χ0n) is 14.6. The summed E-state index contributed by atoms with van der Waals surface area (Å²) < 4.78 is 6.07. The summed E-state index contributed by atoms with van der Waals surface area (Å²) in [5, 5.41) is 4.02. The lowest BCUT2D eigenvalue weighted by Crippen LogP contribution is -2.40. The molecule has 3 rings (SSSR count). The number of aryl methyl sites for hydroxylation is 1. The SMILES string of the molecule is Cc1snnc1C(=O)N1Cc2nccn2C[C@H](CN(C)C(C)C)C1. The summed E-state index contributed by atoms with van der Waals surface area (Å²) in [5.41, 5.74) is 0.468. The summed E-state index contributed by atoms with van der Waals surface area (Å²) in [6, 6.07) is 0.477. The highest BCUT2D eigenvalue weighted by molar-refractivity contribution is 7.05. The van der Waals surface area contributed by atoms with Gasteiger partial charge in [-0.05, 0) is 39.4 Å². The molecule has 0 N–H and O–H groups in total. The molecule has 1 amide bonds. The van der Waals surface area contributed by atoms with Crippen LogP contribution in [0.15, 0.2) is 12.4 Å². The highest BCUT2D eigenvalue weighted by atomic mass is 32.1. The van der Waals surface area contributed by atoms with Gasteiger partial charge in [-0.15, -0.1) is 5.10 Å². The Morgan fingerprint density at radius 3 is 2.92 bits per heavy atom.